The number of nitrogens with zero attached hydrogens (tertiary/aromatic N) is 1. The quantitative estimate of drug-likeness (QED) is 0.818. The number of aryl methyl sites for hydroxylation is 1. The average molecular weight is 223 g/mol. The summed E-state index contributed by atoms with van der Waals surface area (Å²) in [4.78, 5) is 13.6. The summed E-state index contributed by atoms with van der Waals surface area (Å²) in [5.74, 6) is -0.413. The monoisotopic (exact) mass is 223 g/mol. The molecule has 4 heteroatoms. The lowest BCUT2D eigenvalue weighted by molar-refractivity contribution is 0.0727. The molecular formula is C12H14FNO2. The number of rotatable bonds is 2. The number of hydrogen-bond donors (Lipinski definition) is 1. The number of amides is 1. The number of aliphatic hydroxyl groups excluding tert-OH is 1. The molecule has 0 saturated carbocycles. The first-order valence-electron chi connectivity index (χ1n) is 5.41. The van der Waals surface area contributed by atoms with Crippen LogP contribution in [0.3, 0.4) is 0 Å². The lowest BCUT2D eigenvalue weighted by Crippen LogP contribution is -2.33. The molecule has 1 aliphatic heterocycles. The van der Waals surface area contributed by atoms with Crippen molar-refractivity contribution in [2.75, 3.05) is 19.7 Å². The fourth-order valence-corrected chi connectivity index (χ4v) is 2.04. The predicted molar refractivity (Wildman–Crippen MR) is 57.7 cm³/mol. The van der Waals surface area contributed by atoms with Gasteiger partial charge in [-0.25, -0.2) is 4.39 Å². The lowest BCUT2D eigenvalue weighted by Gasteiger charge is -2.19. The molecule has 86 valence electrons. The number of aliphatic hydroxyl groups is 1. The number of carbonyl (C=O) groups is 1. The van der Waals surface area contributed by atoms with E-state index in [9.17, 15) is 9.18 Å². The molecule has 1 N–H and O–H groups in total. The van der Waals surface area contributed by atoms with Crippen LogP contribution >= 0.6 is 0 Å². The van der Waals surface area contributed by atoms with Gasteiger partial charge in [0.1, 0.15) is 5.82 Å². The summed E-state index contributed by atoms with van der Waals surface area (Å²) in [6, 6.07) is 4.26. The highest BCUT2D eigenvalue weighted by molar-refractivity contribution is 5.96. The zero-order chi connectivity index (χ0) is 11.5. The van der Waals surface area contributed by atoms with Crippen molar-refractivity contribution in [3.8, 4) is 0 Å². The molecule has 0 fully saturated rings. The maximum absolute atomic E-state index is 13.0. The van der Waals surface area contributed by atoms with Crippen molar-refractivity contribution in [1.82, 2.24) is 4.90 Å². The second-order valence-electron chi connectivity index (χ2n) is 3.92. The number of halogens is 1. The van der Waals surface area contributed by atoms with E-state index in [0.29, 0.717) is 25.1 Å². The molecule has 0 saturated heterocycles. The Morgan fingerprint density at radius 1 is 1.44 bits per heavy atom. The van der Waals surface area contributed by atoms with Gasteiger partial charge in [0.05, 0.1) is 6.61 Å². The third-order valence-electron chi connectivity index (χ3n) is 2.83. The van der Waals surface area contributed by atoms with Crippen LogP contribution in [0.2, 0.25) is 0 Å². The molecule has 0 bridgehead atoms. The first-order valence-corrected chi connectivity index (χ1v) is 5.41. The van der Waals surface area contributed by atoms with E-state index in [-0.39, 0.29) is 18.3 Å². The van der Waals surface area contributed by atoms with Crippen molar-refractivity contribution >= 4 is 5.91 Å². The average Bonchev–Trinajstić information content (AvgIpc) is 2.40. The van der Waals surface area contributed by atoms with Crippen molar-refractivity contribution in [1.29, 1.82) is 0 Å². The maximum atomic E-state index is 13.0. The third-order valence-corrected chi connectivity index (χ3v) is 2.83. The minimum absolute atomic E-state index is 0.0394. The largest absolute Gasteiger partial charge is 0.395 e. The second-order valence-corrected chi connectivity index (χ2v) is 3.92. The normalized spacial score (nSPS) is 15.9. The molecule has 3 nitrogen and oxygen atoms in total. The number of carbonyl (C=O) groups excluding carboxylic acids is 1. The molecule has 0 aromatic heterocycles. The van der Waals surface area contributed by atoms with E-state index in [1.54, 1.807) is 4.90 Å². The Labute approximate surface area is 93.5 Å². The van der Waals surface area contributed by atoms with E-state index in [1.807, 2.05) is 0 Å². The van der Waals surface area contributed by atoms with E-state index in [4.69, 9.17) is 5.11 Å². The van der Waals surface area contributed by atoms with Crippen LogP contribution in [-0.4, -0.2) is 35.6 Å². The molecule has 0 unspecified atom stereocenters. The van der Waals surface area contributed by atoms with Crippen LogP contribution < -0.4 is 0 Å². The molecule has 1 heterocycles. The van der Waals surface area contributed by atoms with Crippen molar-refractivity contribution in [2.45, 2.75) is 12.8 Å². The molecule has 0 aliphatic carbocycles. The van der Waals surface area contributed by atoms with Crippen molar-refractivity contribution < 1.29 is 14.3 Å². The molecule has 1 aromatic rings. The number of benzene rings is 1. The highest BCUT2D eigenvalue weighted by atomic mass is 19.1. The fourth-order valence-electron chi connectivity index (χ4n) is 2.04. The summed E-state index contributed by atoms with van der Waals surface area (Å²) in [5.41, 5.74) is 1.33. The lowest BCUT2D eigenvalue weighted by atomic mass is 10.0. The maximum Gasteiger partial charge on any atom is 0.254 e. The summed E-state index contributed by atoms with van der Waals surface area (Å²) in [5, 5.41) is 8.87. The van der Waals surface area contributed by atoms with Gasteiger partial charge in [-0.2, -0.15) is 0 Å². The van der Waals surface area contributed by atoms with Crippen LogP contribution in [0.5, 0.6) is 0 Å². The third kappa shape index (κ3) is 2.07. The Morgan fingerprint density at radius 2 is 2.25 bits per heavy atom. The summed E-state index contributed by atoms with van der Waals surface area (Å²) in [6.07, 6.45) is 1.52. The van der Waals surface area contributed by atoms with Crippen LogP contribution in [0.1, 0.15) is 22.3 Å². The zero-order valence-corrected chi connectivity index (χ0v) is 8.95. The topological polar surface area (TPSA) is 40.5 Å². The van der Waals surface area contributed by atoms with Gasteiger partial charge in [0.2, 0.25) is 0 Å². The van der Waals surface area contributed by atoms with Gasteiger partial charge in [-0.3, -0.25) is 4.79 Å². The van der Waals surface area contributed by atoms with Gasteiger partial charge in [0.25, 0.3) is 5.91 Å². The van der Waals surface area contributed by atoms with Gasteiger partial charge in [0.15, 0.2) is 0 Å². The second kappa shape index (κ2) is 4.61. The van der Waals surface area contributed by atoms with Gasteiger partial charge >= 0.3 is 0 Å². The van der Waals surface area contributed by atoms with Gasteiger partial charge < -0.3 is 10.0 Å². The van der Waals surface area contributed by atoms with Crippen molar-refractivity contribution in [2.24, 2.45) is 0 Å². The Morgan fingerprint density at radius 3 is 3.00 bits per heavy atom. The van der Waals surface area contributed by atoms with Gasteiger partial charge in [-0.15, -0.1) is 0 Å². The minimum atomic E-state index is -0.304. The molecule has 0 radical (unpaired) electrons. The SMILES string of the molecule is O=C1c2ccc(F)cc2CCCN1CCO. The summed E-state index contributed by atoms with van der Waals surface area (Å²) >= 11 is 0. The molecule has 1 aromatic carbocycles. The van der Waals surface area contributed by atoms with Crippen LogP contribution in [0.4, 0.5) is 4.39 Å². The number of fused-ring (bicyclic) bond motifs is 1. The minimum Gasteiger partial charge on any atom is -0.395 e. The smallest absolute Gasteiger partial charge is 0.254 e. The molecular weight excluding hydrogens is 209 g/mol. The number of β-amino-alcohol motifs (C(OH)–C–C–N with tert-alkyl or cyclic N) is 1. The zero-order valence-electron chi connectivity index (χ0n) is 8.95. The molecule has 1 aliphatic rings. The van der Waals surface area contributed by atoms with Gasteiger partial charge in [-0.1, -0.05) is 0 Å². The Balaban J connectivity index is 2.33. The Bertz CT molecular complexity index is 406. The van der Waals surface area contributed by atoms with E-state index >= 15 is 0 Å². The molecule has 1 amide bonds. The first kappa shape index (κ1) is 11.1. The fraction of sp³-hybridized carbons (Fsp3) is 0.417. The summed E-state index contributed by atoms with van der Waals surface area (Å²) in [6.45, 7) is 0.924. The van der Waals surface area contributed by atoms with Gasteiger partial charge in [0, 0.05) is 18.7 Å². The van der Waals surface area contributed by atoms with E-state index < -0.39 is 0 Å². The van der Waals surface area contributed by atoms with Gasteiger partial charge in [-0.05, 0) is 36.6 Å². The van der Waals surface area contributed by atoms with Crippen molar-refractivity contribution in [3.63, 3.8) is 0 Å². The van der Waals surface area contributed by atoms with E-state index in [1.165, 1.54) is 18.2 Å². The first-order chi connectivity index (χ1) is 7.72. The highest BCUT2D eigenvalue weighted by Gasteiger charge is 2.21. The predicted octanol–water partition coefficient (Wildman–Crippen LogP) is 1.21. The molecule has 0 spiro atoms. The molecule has 2 rings (SSSR count). The van der Waals surface area contributed by atoms with E-state index in [0.717, 1.165) is 12.0 Å². The van der Waals surface area contributed by atoms with Crippen LogP contribution in [0, 0.1) is 5.82 Å². The highest BCUT2D eigenvalue weighted by Crippen LogP contribution is 2.19. The molecule has 0 atom stereocenters. The Kier molecular flexibility index (Phi) is 3.19. The standard InChI is InChI=1S/C12H14FNO2/c13-10-3-4-11-9(8-10)2-1-5-14(6-7-15)12(11)16/h3-4,8,15H,1-2,5-7H2. The van der Waals surface area contributed by atoms with Crippen LogP contribution in [0.25, 0.3) is 0 Å². The summed E-state index contributed by atoms with van der Waals surface area (Å²) in [7, 11) is 0. The Hall–Kier alpha value is -1.42. The van der Waals surface area contributed by atoms with Crippen LogP contribution in [-0.2, 0) is 6.42 Å². The van der Waals surface area contributed by atoms with E-state index in [2.05, 4.69) is 0 Å². The summed E-state index contributed by atoms with van der Waals surface area (Å²) < 4.78 is 13.0. The molecule has 16 heavy (non-hydrogen) atoms. The van der Waals surface area contributed by atoms with Crippen molar-refractivity contribution in [3.05, 3.63) is 35.1 Å². The number of hydrogen-bond acceptors (Lipinski definition) is 2. The van der Waals surface area contributed by atoms with Crippen LogP contribution in [0.15, 0.2) is 18.2 Å².